The normalized spacial score (nSPS) is 12.9. The van der Waals surface area contributed by atoms with Gasteiger partial charge in [0.1, 0.15) is 0 Å². The van der Waals surface area contributed by atoms with Crippen molar-refractivity contribution in [2.75, 3.05) is 20.3 Å². The molecule has 1 unspecified atom stereocenters. The number of thiophene rings is 1. The smallest absolute Gasteiger partial charge is 0.0480 e. The lowest BCUT2D eigenvalue weighted by molar-refractivity contribution is 0.136. The van der Waals surface area contributed by atoms with E-state index >= 15 is 0 Å². The molecule has 0 amide bonds. The number of aryl methyl sites for hydroxylation is 1. The fourth-order valence-electron chi connectivity index (χ4n) is 1.58. The maximum atomic E-state index is 5.36. The Bertz CT molecular complexity index is 236. The van der Waals surface area contributed by atoms with Crippen LogP contribution >= 0.6 is 11.3 Å². The monoisotopic (exact) mass is 227 g/mol. The van der Waals surface area contributed by atoms with Crippen LogP contribution in [0.3, 0.4) is 0 Å². The van der Waals surface area contributed by atoms with E-state index in [4.69, 9.17) is 4.74 Å². The van der Waals surface area contributed by atoms with Gasteiger partial charge < -0.3 is 10.1 Å². The third-order valence-corrected chi connectivity index (χ3v) is 3.32. The summed E-state index contributed by atoms with van der Waals surface area (Å²) in [7, 11) is 2.03. The largest absolute Gasteiger partial charge is 0.382 e. The van der Waals surface area contributed by atoms with E-state index < -0.39 is 0 Å². The van der Waals surface area contributed by atoms with Gasteiger partial charge in [0.2, 0.25) is 0 Å². The Morgan fingerprint density at radius 1 is 1.47 bits per heavy atom. The summed E-state index contributed by atoms with van der Waals surface area (Å²) in [5, 5.41) is 7.72. The van der Waals surface area contributed by atoms with Crippen LogP contribution in [0.2, 0.25) is 0 Å². The van der Waals surface area contributed by atoms with Crippen LogP contribution in [0.25, 0.3) is 0 Å². The van der Waals surface area contributed by atoms with Gasteiger partial charge in [-0.25, -0.2) is 0 Å². The Morgan fingerprint density at radius 2 is 2.33 bits per heavy atom. The Kier molecular flexibility index (Phi) is 6.64. The van der Waals surface area contributed by atoms with Gasteiger partial charge in [-0.1, -0.05) is 0 Å². The van der Waals surface area contributed by atoms with Gasteiger partial charge in [0.05, 0.1) is 0 Å². The second kappa shape index (κ2) is 7.85. The molecule has 0 aliphatic carbocycles. The molecular weight excluding hydrogens is 206 g/mol. The molecule has 86 valence electrons. The summed E-state index contributed by atoms with van der Waals surface area (Å²) in [5.74, 6) is 0. The number of rotatable bonds is 8. The van der Waals surface area contributed by atoms with E-state index in [2.05, 4.69) is 22.1 Å². The van der Waals surface area contributed by atoms with E-state index in [0.717, 1.165) is 19.6 Å². The van der Waals surface area contributed by atoms with Gasteiger partial charge in [0, 0.05) is 19.3 Å². The van der Waals surface area contributed by atoms with Crippen molar-refractivity contribution in [1.29, 1.82) is 0 Å². The van der Waals surface area contributed by atoms with Crippen molar-refractivity contribution in [1.82, 2.24) is 5.32 Å². The zero-order valence-corrected chi connectivity index (χ0v) is 10.5. The molecule has 1 heterocycles. The lowest BCUT2D eigenvalue weighted by Gasteiger charge is -2.15. The third kappa shape index (κ3) is 5.30. The fourth-order valence-corrected chi connectivity index (χ4v) is 2.28. The average molecular weight is 227 g/mol. The summed E-state index contributed by atoms with van der Waals surface area (Å²) in [6.45, 7) is 3.73. The van der Waals surface area contributed by atoms with Gasteiger partial charge in [-0.2, -0.15) is 11.3 Å². The molecule has 2 nitrogen and oxygen atoms in total. The molecule has 0 aliphatic rings. The van der Waals surface area contributed by atoms with Crippen molar-refractivity contribution >= 4 is 11.3 Å². The molecule has 0 radical (unpaired) electrons. The second-order valence-electron chi connectivity index (χ2n) is 3.64. The molecule has 0 aromatic carbocycles. The third-order valence-electron chi connectivity index (χ3n) is 2.58. The zero-order chi connectivity index (χ0) is 10.9. The highest BCUT2D eigenvalue weighted by atomic mass is 32.1. The van der Waals surface area contributed by atoms with E-state index in [1.807, 2.05) is 14.0 Å². The van der Waals surface area contributed by atoms with Gasteiger partial charge in [-0.15, -0.1) is 0 Å². The first-order valence-corrected chi connectivity index (χ1v) is 6.57. The van der Waals surface area contributed by atoms with Crippen molar-refractivity contribution in [3.8, 4) is 0 Å². The van der Waals surface area contributed by atoms with Crippen LogP contribution in [0, 0.1) is 0 Å². The van der Waals surface area contributed by atoms with Crippen molar-refractivity contribution in [2.24, 2.45) is 0 Å². The first kappa shape index (κ1) is 12.7. The second-order valence-corrected chi connectivity index (χ2v) is 4.42. The number of hydrogen-bond donors (Lipinski definition) is 1. The Balaban J connectivity index is 2.16. The first-order chi connectivity index (χ1) is 7.36. The minimum absolute atomic E-state index is 0.580. The molecule has 1 rings (SSSR count). The molecule has 15 heavy (non-hydrogen) atoms. The average Bonchev–Trinajstić information content (AvgIpc) is 2.76. The molecular formula is C12H21NOS. The van der Waals surface area contributed by atoms with Gasteiger partial charge >= 0.3 is 0 Å². The molecule has 1 aromatic rings. The Hall–Kier alpha value is -0.380. The maximum Gasteiger partial charge on any atom is 0.0480 e. The predicted molar refractivity (Wildman–Crippen MR) is 66.6 cm³/mol. The lowest BCUT2D eigenvalue weighted by Crippen LogP contribution is -2.27. The van der Waals surface area contributed by atoms with E-state index in [-0.39, 0.29) is 0 Å². The van der Waals surface area contributed by atoms with Crippen LogP contribution in [0.4, 0.5) is 0 Å². The Labute approximate surface area is 96.7 Å². The number of hydrogen-bond acceptors (Lipinski definition) is 3. The van der Waals surface area contributed by atoms with Crippen molar-refractivity contribution in [3.63, 3.8) is 0 Å². The molecule has 0 fully saturated rings. The van der Waals surface area contributed by atoms with E-state index in [1.165, 1.54) is 18.4 Å². The van der Waals surface area contributed by atoms with E-state index in [0.29, 0.717) is 6.04 Å². The molecule has 0 aliphatic heterocycles. The van der Waals surface area contributed by atoms with Crippen LogP contribution in [0.15, 0.2) is 16.8 Å². The summed E-state index contributed by atoms with van der Waals surface area (Å²) >= 11 is 1.78. The summed E-state index contributed by atoms with van der Waals surface area (Å²) in [4.78, 5) is 0. The maximum absolute atomic E-state index is 5.36. The summed E-state index contributed by atoms with van der Waals surface area (Å²) in [6, 6.07) is 2.79. The molecule has 0 bridgehead atoms. The van der Waals surface area contributed by atoms with Crippen LogP contribution in [-0.2, 0) is 11.2 Å². The SMILES string of the molecule is CCOCCC(CCc1ccsc1)NC. The quantitative estimate of drug-likeness (QED) is 0.689. The predicted octanol–water partition coefficient (Wildman–Crippen LogP) is 2.70. The van der Waals surface area contributed by atoms with E-state index in [1.54, 1.807) is 11.3 Å². The molecule has 3 heteroatoms. The molecule has 0 saturated carbocycles. The zero-order valence-electron chi connectivity index (χ0n) is 9.66. The van der Waals surface area contributed by atoms with Crippen LogP contribution in [-0.4, -0.2) is 26.3 Å². The van der Waals surface area contributed by atoms with Crippen molar-refractivity contribution < 1.29 is 4.74 Å². The molecule has 1 N–H and O–H groups in total. The summed E-state index contributed by atoms with van der Waals surface area (Å²) in [5.41, 5.74) is 1.46. The Morgan fingerprint density at radius 3 is 2.93 bits per heavy atom. The molecule has 0 spiro atoms. The summed E-state index contributed by atoms with van der Waals surface area (Å²) in [6.07, 6.45) is 3.47. The van der Waals surface area contributed by atoms with Gasteiger partial charge in [0.25, 0.3) is 0 Å². The summed E-state index contributed by atoms with van der Waals surface area (Å²) < 4.78 is 5.36. The van der Waals surface area contributed by atoms with Crippen molar-refractivity contribution in [3.05, 3.63) is 22.4 Å². The molecule has 0 saturated heterocycles. The van der Waals surface area contributed by atoms with Gasteiger partial charge in [0.15, 0.2) is 0 Å². The van der Waals surface area contributed by atoms with E-state index in [9.17, 15) is 0 Å². The fraction of sp³-hybridized carbons (Fsp3) is 0.667. The first-order valence-electron chi connectivity index (χ1n) is 5.63. The topological polar surface area (TPSA) is 21.3 Å². The minimum Gasteiger partial charge on any atom is -0.382 e. The standard InChI is InChI=1S/C12H21NOS/c1-3-14-8-6-12(13-2)5-4-11-7-9-15-10-11/h7,9-10,12-13H,3-6,8H2,1-2H3. The highest BCUT2D eigenvalue weighted by molar-refractivity contribution is 7.07. The number of ether oxygens (including phenoxy) is 1. The highest BCUT2D eigenvalue weighted by Gasteiger charge is 2.06. The number of nitrogens with one attached hydrogen (secondary N) is 1. The van der Waals surface area contributed by atoms with Crippen LogP contribution in [0.5, 0.6) is 0 Å². The molecule has 1 atom stereocenters. The highest BCUT2D eigenvalue weighted by Crippen LogP contribution is 2.10. The van der Waals surface area contributed by atoms with Crippen LogP contribution < -0.4 is 5.32 Å². The molecule has 1 aromatic heterocycles. The van der Waals surface area contributed by atoms with Crippen molar-refractivity contribution in [2.45, 2.75) is 32.2 Å². The lowest BCUT2D eigenvalue weighted by atomic mass is 10.1. The van der Waals surface area contributed by atoms with Crippen LogP contribution in [0.1, 0.15) is 25.3 Å². The minimum atomic E-state index is 0.580. The van der Waals surface area contributed by atoms with Gasteiger partial charge in [-0.05, 0) is 55.6 Å². The van der Waals surface area contributed by atoms with Gasteiger partial charge in [-0.3, -0.25) is 0 Å².